The van der Waals surface area contributed by atoms with E-state index in [1.54, 1.807) is 0 Å². The van der Waals surface area contributed by atoms with Crippen molar-refractivity contribution in [1.82, 2.24) is 15.1 Å². The zero-order valence-electron chi connectivity index (χ0n) is 12.6. The first-order valence-corrected chi connectivity index (χ1v) is 8.54. The second kappa shape index (κ2) is 5.27. The number of carbonyl (C=O) groups is 2. The van der Waals surface area contributed by atoms with Crippen LogP contribution in [0.1, 0.15) is 32.1 Å². The maximum atomic E-state index is 12.8. The fourth-order valence-electron chi connectivity index (χ4n) is 4.53. The van der Waals surface area contributed by atoms with E-state index in [1.807, 2.05) is 9.80 Å². The van der Waals surface area contributed by atoms with Gasteiger partial charge in [-0.3, -0.25) is 9.59 Å². The van der Waals surface area contributed by atoms with Crippen molar-refractivity contribution in [2.24, 2.45) is 17.8 Å². The number of likely N-dealkylation sites (tertiary alicyclic amines) is 1. The lowest BCUT2D eigenvalue weighted by Gasteiger charge is -2.34. The number of fused-ring (bicyclic) bond motifs is 1. The minimum Gasteiger partial charge on any atom is -0.338 e. The molecule has 2 aliphatic carbocycles. The topological polar surface area (TPSA) is 52.7 Å². The monoisotopic (exact) mass is 291 g/mol. The summed E-state index contributed by atoms with van der Waals surface area (Å²) >= 11 is 0. The highest BCUT2D eigenvalue weighted by atomic mass is 16.2. The van der Waals surface area contributed by atoms with Crippen LogP contribution in [0.15, 0.2) is 0 Å². The number of nitrogens with one attached hydrogen (secondary N) is 1. The lowest BCUT2D eigenvalue weighted by molar-refractivity contribution is -0.146. The maximum absolute atomic E-state index is 12.8. The highest BCUT2D eigenvalue weighted by molar-refractivity contribution is 5.89. The molecule has 4 fully saturated rings. The van der Waals surface area contributed by atoms with Gasteiger partial charge in [-0.15, -0.1) is 0 Å². The SMILES string of the molecule is O=C(C1CCCN1C(=O)C1CC2CC2C1)N1CCNCC1. The van der Waals surface area contributed by atoms with Crippen molar-refractivity contribution in [3.05, 3.63) is 0 Å². The van der Waals surface area contributed by atoms with Crippen LogP contribution in [0, 0.1) is 17.8 Å². The van der Waals surface area contributed by atoms with Crippen molar-refractivity contribution in [2.75, 3.05) is 32.7 Å². The van der Waals surface area contributed by atoms with Gasteiger partial charge in [-0.25, -0.2) is 0 Å². The fraction of sp³-hybridized carbons (Fsp3) is 0.875. The number of carbonyl (C=O) groups excluding carboxylic acids is 2. The standard InChI is InChI=1S/C16H25N3O2/c20-15(13-9-11-8-12(11)10-13)19-5-1-2-14(19)16(21)18-6-3-17-4-7-18/h11-14,17H,1-10H2. The van der Waals surface area contributed by atoms with Gasteiger partial charge in [-0.2, -0.15) is 0 Å². The molecule has 0 bridgehead atoms. The van der Waals surface area contributed by atoms with Crippen molar-refractivity contribution in [3.8, 4) is 0 Å². The Morgan fingerprint density at radius 3 is 2.33 bits per heavy atom. The Bertz CT molecular complexity index is 417. The summed E-state index contributed by atoms with van der Waals surface area (Å²) in [6, 6.07) is -0.174. The van der Waals surface area contributed by atoms with E-state index in [1.165, 1.54) is 6.42 Å². The number of rotatable bonds is 2. The second-order valence-corrected chi connectivity index (χ2v) is 7.19. The molecule has 0 aromatic heterocycles. The molecule has 2 saturated carbocycles. The van der Waals surface area contributed by atoms with Crippen LogP contribution in [-0.2, 0) is 9.59 Å². The van der Waals surface area contributed by atoms with Crippen LogP contribution in [-0.4, -0.2) is 60.4 Å². The molecule has 116 valence electrons. The molecular formula is C16H25N3O2. The molecule has 2 amide bonds. The summed E-state index contributed by atoms with van der Waals surface area (Å²) in [6.07, 6.45) is 5.33. The van der Waals surface area contributed by atoms with Gasteiger partial charge in [0.15, 0.2) is 0 Å². The predicted octanol–water partition coefficient (Wildman–Crippen LogP) is 0.455. The summed E-state index contributed by atoms with van der Waals surface area (Å²) < 4.78 is 0. The Morgan fingerprint density at radius 1 is 0.905 bits per heavy atom. The maximum Gasteiger partial charge on any atom is 0.245 e. The third-order valence-electron chi connectivity index (χ3n) is 5.84. The second-order valence-electron chi connectivity index (χ2n) is 7.19. The first-order valence-electron chi connectivity index (χ1n) is 8.54. The Labute approximate surface area is 126 Å². The zero-order valence-corrected chi connectivity index (χ0v) is 12.6. The zero-order chi connectivity index (χ0) is 14.4. The number of amides is 2. The number of hydrogen-bond acceptors (Lipinski definition) is 3. The first-order chi connectivity index (χ1) is 10.2. The molecule has 4 aliphatic rings. The molecule has 3 atom stereocenters. The molecule has 1 N–H and O–H groups in total. The first kappa shape index (κ1) is 13.6. The summed E-state index contributed by atoms with van der Waals surface area (Å²) in [5, 5.41) is 3.27. The van der Waals surface area contributed by atoms with Crippen LogP contribution in [0.2, 0.25) is 0 Å². The van der Waals surface area contributed by atoms with E-state index in [0.717, 1.165) is 70.2 Å². The van der Waals surface area contributed by atoms with Gasteiger partial charge in [0.05, 0.1) is 0 Å². The summed E-state index contributed by atoms with van der Waals surface area (Å²) in [6.45, 7) is 4.10. The van der Waals surface area contributed by atoms with Crippen molar-refractivity contribution < 1.29 is 9.59 Å². The van der Waals surface area contributed by atoms with Crippen LogP contribution in [0.3, 0.4) is 0 Å². The molecule has 0 aromatic rings. The van der Waals surface area contributed by atoms with E-state index >= 15 is 0 Å². The minimum atomic E-state index is -0.174. The third kappa shape index (κ3) is 2.45. The molecule has 2 heterocycles. The van der Waals surface area contributed by atoms with E-state index in [-0.39, 0.29) is 23.8 Å². The minimum absolute atomic E-state index is 0.174. The molecule has 2 aliphatic heterocycles. The average molecular weight is 291 g/mol. The van der Waals surface area contributed by atoms with E-state index in [0.29, 0.717) is 0 Å². The van der Waals surface area contributed by atoms with Crippen molar-refractivity contribution in [3.63, 3.8) is 0 Å². The summed E-state index contributed by atoms with van der Waals surface area (Å²) in [5.74, 6) is 2.32. The molecule has 0 radical (unpaired) electrons. The quantitative estimate of drug-likeness (QED) is 0.804. The lowest BCUT2D eigenvalue weighted by atomic mass is 10.0. The largest absolute Gasteiger partial charge is 0.338 e. The molecule has 21 heavy (non-hydrogen) atoms. The van der Waals surface area contributed by atoms with Crippen molar-refractivity contribution in [2.45, 2.75) is 38.1 Å². The van der Waals surface area contributed by atoms with Gasteiger partial charge >= 0.3 is 0 Å². The highest BCUT2D eigenvalue weighted by Crippen LogP contribution is 2.54. The molecule has 0 spiro atoms. The Hall–Kier alpha value is -1.10. The smallest absolute Gasteiger partial charge is 0.245 e. The average Bonchev–Trinajstić information content (AvgIpc) is 2.95. The Morgan fingerprint density at radius 2 is 1.62 bits per heavy atom. The summed E-state index contributed by atoms with van der Waals surface area (Å²) in [5.41, 5.74) is 0. The molecular weight excluding hydrogens is 266 g/mol. The molecule has 3 unspecified atom stereocenters. The van der Waals surface area contributed by atoms with E-state index in [2.05, 4.69) is 5.32 Å². The highest BCUT2D eigenvalue weighted by Gasteiger charge is 2.50. The normalized spacial score (nSPS) is 38.5. The van der Waals surface area contributed by atoms with Crippen molar-refractivity contribution >= 4 is 11.8 Å². The van der Waals surface area contributed by atoms with Gasteiger partial charge < -0.3 is 15.1 Å². The van der Waals surface area contributed by atoms with Gasteiger partial charge in [-0.1, -0.05) is 0 Å². The van der Waals surface area contributed by atoms with Gasteiger partial charge in [-0.05, 0) is 43.9 Å². The van der Waals surface area contributed by atoms with Crippen LogP contribution in [0.4, 0.5) is 0 Å². The van der Waals surface area contributed by atoms with Crippen LogP contribution < -0.4 is 5.32 Å². The Kier molecular flexibility index (Phi) is 3.40. The van der Waals surface area contributed by atoms with E-state index in [4.69, 9.17) is 0 Å². The number of nitrogens with zero attached hydrogens (tertiary/aromatic N) is 2. The number of piperazine rings is 1. The van der Waals surface area contributed by atoms with Gasteiger partial charge in [0.1, 0.15) is 6.04 Å². The lowest BCUT2D eigenvalue weighted by Crippen LogP contribution is -2.54. The molecule has 5 nitrogen and oxygen atoms in total. The third-order valence-corrected chi connectivity index (χ3v) is 5.84. The predicted molar refractivity (Wildman–Crippen MR) is 78.5 cm³/mol. The van der Waals surface area contributed by atoms with E-state index < -0.39 is 0 Å². The van der Waals surface area contributed by atoms with Gasteiger partial charge in [0.2, 0.25) is 11.8 Å². The summed E-state index contributed by atoms with van der Waals surface area (Å²) in [4.78, 5) is 29.3. The van der Waals surface area contributed by atoms with Crippen LogP contribution in [0.5, 0.6) is 0 Å². The van der Waals surface area contributed by atoms with Crippen LogP contribution >= 0.6 is 0 Å². The van der Waals surface area contributed by atoms with Gasteiger partial charge in [0.25, 0.3) is 0 Å². The fourth-order valence-corrected chi connectivity index (χ4v) is 4.53. The van der Waals surface area contributed by atoms with Crippen molar-refractivity contribution in [1.29, 1.82) is 0 Å². The molecule has 5 heteroatoms. The Balaban J connectivity index is 1.41. The summed E-state index contributed by atoms with van der Waals surface area (Å²) in [7, 11) is 0. The van der Waals surface area contributed by atoms with E-state index in [9.17, 15) is 9.59 Å². The molecule has 4 rings (SSSR count). The molecule has 0 aromatic carbocycles. The number of hydrogen-bond donors (Lipinski definition) is 1. The van der Waals surface area contributed by atoms with Crippen LogP contribution in [0.25, 0.3) is 0 Å². The molecule has 2 saturated heterocycles. The van der Waals surface area contributed by atoms with Gasteiger partial charge in [0, 0.05) is 38.6 Å².